The average Bonchev–Trinajstić information content (AvgIpc) is 2.85. The summed E-state index contributed by atoms with van der Waals surface area (Å²) in [5, 5.41) is 1.16. The lowest BCUT2D eigenvalue weighted by Gasteiger charge is -2.10. The molecule has 4 nitrogen and oxygen atoms in total. The van der Waals surface area contributed by atoms with Crippen molar-refractivity contribution in [2.75, 3.05) is 0 Å². The third-order valence-electron chi connectivity index (χ3n) is 4.08. The number of hydrogen-bond acceptors (Lipinski definition) is 3. The minimum absolute atomic E-state index is 0.250. The molecule has 3 aromatic rings. The van der Waals surface area contributed by atoms with E-state index in [0.717, 1.165) is 31.2 Å². The molecule has 6 heteroatoms. The number of nitrogens with one attached hydrogen (secondary N) is 1. The summed E-state index contributed by atoms with van der Waals surface area (Å²) in [6.45, 7) is 0. The Morgan fingerprint density at radius 2 is 2.00 bits per heavy atom. The molecule has 1 aliphatic carbocycles. The smallest absolute Gasteiger partial charge is 0.298 e. The van der Waals surface area contributed by atoms with Gasteiger partial charge in [0.05, 0.1) is 11.1 Å². The zero-order chi connectivity index (χ0) is 15.3. The Morgan fingerprint density at radius 3 is 2.82 bits per heavy atom. The minimum atomic E-state index is -0.418. The Labute approximate surface area is 135 Å². The van der Waals surface area contributed by atoms with Crippen LogP contribution in [0, 0.1) is 0 Å². The van der Waals surface area contributed by atoms with Crippen molar-refractivity contribution in [2.45, 2.75) is 25.7 Å². The van der Waals surface area contributed by atoms with E-state index in [2.05, 4.69) is 4.98 Å². The molecule has 0 aliphatic heterocycles. The van der Waals surface area contributed by atoms with Crippen LogP contribution >= 0.6 is 22.9 Å². The molecule has 0 amide bonds. The highest BCUT2D eigenvalue weighted by atomic mass is 35.5. The third kappa shape index (κ3) is 2.04. The van der Waals surface area contributed by atoms with Gasteiger partial charge in [0, 0.05) is 9.90 Å². The fraction of sp³-hybridized carbons (Fsp3) is 0.250. The van der Waals surface area contributed by atoms with Crippen molar-refractivity contribution in [3.63, 3.8) is 0 Å². The molecule has 1 aliphatic rings. The van der Waals surface area contributed by atoms with Gasteiger partial charge in [-0.2, -0.15) is 0 Å². The fourth-order valence-corrected chi connectivity index (χ4v) is 4.54. The molecule has 112 valence electrons. The SMILES string of the molecule is O=c1[nH]c2sc3c(c2c(=O)n1-c1cccc(Cl)c1)CCCC3. The average molecular weight is 333 g/mol. The predicted molar refractivity (Wildman–Crippen MR) is 89.7 cm³/mol. The molecule has 0 bridgehead atoms. The van der Waals surface area contributed by atoms with Crippen LogP contribution in [0.2, 0.25) is 5.02 Å². The van der Waals surface area contributed by atoms with E-state index in [4.69, 9.17) is 11.6 Å². The minimum Gasteiger partial charge on any atom is -0.298 e. The topological polar surface area (TPSA) is 54.9 Å². The van der Waals surface area contributed by atoms with E-state index in [0.29, 0.717) is 20.9 Å². The molecule has 0 radical (unpaired) electrons. The lowest BCUT2D eigenvalue weighted by molar-refractivity contribution is 0.699. The van der Waals surface area contributed by atoms with Gasteiger partial charge in [-0.05, 0) is 49.4 Å². The molecule has 22 heavy (non-hydrogen) atoms. The van der Waals surface area contributed by atoms with Gasteiger partial charge in [-0.15, -0.1) is 11.3 Å². The third-order valence-corrected chi connectivity index (χ3v) is 5.52. The molecule has 0 saturated heterocycles. The van der Waals surface area contributed by atoms with Crippen molar-refractivity contribution < 1.29 is 0 Å². The van der Waals surface area contributed by atoms with E-state index in [1.807, 2.05) is 0 Å². The molecule has 0 atom stereocenters. The number of aromatic amines is 1. The van der Waals surface area contributed by atoms with Crippen LogP contribution in [-0.4, -0.2) is 9.55 Å². The van der Waals surface area contributed by atoms with E-state index in [1.165, 1.54) is 9.44 Å². The fourth-order valence-electron chi connectivity index (χ4n) is 3.09. The Morgan fingerprint density at radius 1 is 1.18 bits per heavy atom. The van der Waals surface area contributed by atoms with Crippen molar-refractivity contribution in [1.29, 1.82) is 0 Å². The summed E-state index contributed by atoms with van der Waals surface area (Å²) in [5.74, 6) is 0. The summed E-state index contributed by atoms with van der Waals surface area (Å²) in [5.41, 5.74) is 0.943. The number of hydrogen-bond donors (Lipinski definition) is 1. The Hall–Kier alpha value is -1.85. The Kier molecular flexibility index (Phi) is 3.20. The van der Waals surface area contributed by atoms with Crippen LogP contribution in [0.5, 0.6) is 0 Å². The maximum absolute atomic E-state index is 12.9. The van der Waals surface area contributed by atoms with Crippen molar-refractivity contribution >= 4 is 33.2 Å². The first-order valence-electron chi connectivity index (χ1n) is 7.20. The highest BCUT2D eigenvalue weighted by molar-refractivity contribution is 7.18. The molecular formula is C16H13ClN2O2S. The summed E-state index contributed by atoms with van der Waals surface area (Å²) in [7, 11) is 0. The van der Waals surface area contributed by atoms with E-state index in [9.17, 15) is 9.59 Å². The number of thiophene rings is 1. The Balaban J connectivity index is 2.08. The van der Waals surface area contributed by atoms with Gasteiger partial charge in [0.25, 0.3) is 5.56 Å². The van der Waals surface area contributed by atoms with Gasteiger partial charge in [0.15, 0.2) is 0 Å². The van der Waals surface area contributed by atoms with Crippen LogP contribution in [0.25, 0.3) is 15.9 Å². The molecule has 0 spiro atoms. The standard InChI is InChI=1S/C16H13ClN2O2S/c17-9-4-3-5-10(8-9)19-15(20)13-11-6-1-2-7-12(11)22-14(13)18-16(19)21/h3-5,8H,1-2,6-7H2,(H,18,21). The molecular weight excluding hydrogens is 320 g/mol. The first-order chi connectivity index (χ1) is 10.6. The summed E-state index contributed by atoms with van der Waals surface area (Å²) in [6, 6.07) is 6.79. The zero-order valence-electron chi connectivity index (χ0n) is 11.7. The van der Waals surface area contributed by atoms with E-state index >= 15 is 0 Å². The molecule has 0 fully saturated rings. The maximum Gasteiger partial charge on any atom is 0.334 e. The van der Waals surface area contributed by atoms with Crippen LogP contribution in [-0.2, 0) is 12.8 Å². The van der Waals surface area contributed by atoms with Crippen LogP contribution in [0.3, 0.4) is 0 Å². The number of fused-ring (bicyclic) bond motifs is 3. The summed E-state index contributed by atoms with van der Waals surface area (Å²) in [6.07, 6.45) is 4.14. The second-order valence-corrected chi connectivity index (χ2v) is 7.01. The highest BCUT2D eigenvalue weighted by Gasteiger charge is 2.21. The number of benzene rings is 1. The van der Waals surface area contributed by atoms with Crippen molar-refractivity contribution in [3.05, 3.63) is 60.6 Å². The van der Waals surface area contributed by atoms with Gasteiger partial charge in [-0.3, -0.25) is 9.78 Å². The van der Waals surface area contributed by atoms with Gasteiger partial charge < -0.3 is 0 Å². The van der Waals surface area contributed by atoms with Crippen LogP contribution in [0.1, 0.15) is 23.3 Å². The largest absolute Gasteiger partial charge is 0.334 e. The van der Waals surface area contributed by atoms with E-state index < -0.39 is 5.69 Å². The van der Waals surface area contributed by atoms with Gasteiger partial charge >= 0.3 is 5.69 Å². The number of nitrogens with zero attached hydrogens (tertiary/aromatic N) is 1. The number of H-pyrrole nitrogens is 1. The van der Waals surface area contributed by atoms with Crippen LogP contribution in [0.15, 0.2) is 33.9 Å². The first kappa shape index (κ1) is 13.8. The Bertz CT molecular complexity index is 1000. The number of rotatable bonds is 1. The maximum atomic E-state index is 12.9. The summed E-state index contributed by atoms with van der Waals surface area (Å²) in [4.78, 5) is 30.0. The quantitative estimate of drug-likeness (QED) is 0.743. The van der Waals surface area contributed by atoms with Crippen molar-refractivity contribution in [1.82, 2.24) is 9.55 Å². The normalized spacial score (nSPS) is 14.2. The molecule has 2 aromatic heterocycles. The van der Waals surface area contributed by atoms with Gasteiger partial charge in [0.1, 0.15) is 4.83 Å². The van der Waals surface area contributed by atoms with E-state index in [-0.39, 0.29) is 5.56 Å². The predicted octanol–water partition coefficient (Wildman–Crippen LogP) is 3.27. The molecule has 4 rings (SSSR count). The second-order valence-electron chi connectivity index (χ2n) is 5.47. The highest BCUT2D eigenvalue weighted by Crippen LogP contribution is 2.33. The van der Waals surface area contributed by atoms with Gasteiger partial charge in [-0.1, -0.05) is 17.7 Å². The molecule has 0 saturated carbocycles. The second kappa shape index (κ2) is 5.11. The summed E-state index contributed by atoms with van der Waals surface area (Å²) >= 11 is 7.53. The summed E-state index contributed by atoms with van der Waals surface area (Å²) < 4.78 is 1.18. The van der Waals surface area contributed by atoms with Gasteiger partial charge in [-0.25, -0.2) is 9.36 Å². The molecule has 0 unspecified atom stereocenters. The van der Waals surface area contributed by atoms with Crippen LogP contribution < -0.4 is 11.2 Å². The lowest BCUT2D eigenvalue weighted by Crippen LogP contribution is -2.33. The lowest BCUT2D eigenvalue weighted by atomic mass is 9.97. The monoisotopic (exact) mass is 332 g/mol. The molecule has 1 aromatic carbocycles. The van der Waals surface area contributed by atoms with Crippen molar-refractivity contribution in [2.24, 2.45) is 0 Å². The number of aromatic nitrogens is 2. The first-order valence-corrected chi connectivity index (χ1v) is 8.40. The zero-order valence-corrected chi connectivity index (χ0v) is 13.3. The molecule has 2 heterocycles. The van der Waals surface area contributed by atoms with Gasteiger partial charge in [0.2, 0.25) is 0 Å². The molecule has 1 N–H and O–H groups in total. The number of halogens is 1. The van der Waals surface area contributed by atoms with Crippen molar-refractivity contribution in [3.8, 4) is 5.69 Å². The van der Waals surface area contributed by atoms with E-state index in [1.54, 1.807) is 35.6 Å². The number of aryl methyl sites for hydroxylation is 2. The van der Waals surface area contributed by atoms with Crippen LogP contribution in [0.4, 0.5) is 0 Å².